The fourth-order valence-electron chi connectivity index (χ4n) is 0.932. The number of rotatable bonds is 2. The van der Waals surface area contributed by atoms with E-state index in [9.17, 15) is 4.79 Å². The normalized spacial score (nSPS) is 26.3. The minimum absolute atomic E-state index is 0.0388. The van der Waals surface area contributed by atoms with E-state index in [0.29, 0.717) is 6.61 Å². The van der Waals surface area contributed by atoms with Crippen LogP contribution in [0.2, 0.25) is 0 Å². The van der Waals surface area contributed by atoms with Crippen molar-refractivity contribution in [2.24, 2.45) is 0 Å². The van der Waals surface area contributed by atoms with Crippen molar-refractivity contribution in [1.29, 1.82) is 0 Å². The molecule has 52 valence electrons. The number of hydrogen-bond donors (Lipinski definition) is 1. The summed E-state index contributed by atoms with van der Waals surface area (Å²) in [4.78, 5) is 10.7. The molecule has 1 atom stereocenters. The summed E-state index contributed by atoms with van der Waals surface area (Å²) in [6.45, 7) is 3.28. The highest BCUT2D eigenvalue weighted by molar-refractivity contribution is 5.82. The third-order valence-corrected chi connectivity index (χ3v) is 1.37. The smallest absolute Gasteiger partial charge is 0.249 e. The van der Waals surface area contributed by atoms with Gasteiger partial charge in [-0.25, -0.2) is 0 Å². The van der Waals surface area contributed by atoms with Gasteiger partial charge in [0.25, 0.3) is 0 Å². The molecule has 1 amide bonds. The van der Waals surface area contributed by atoms with Crippen molar-refractivity contribution in [1.82, 2.24) is 5.32 Å². The Morgan fingerprint density at radius 1 is 1.89 bits per heavy atom. The van der Waals surface area contributed by atoms with Gasteiger partial charge >= 0.3 is 0 Å². The first-order chi connectivity index (χ1) is 4.34. The summed E-state index contributed by atoms with van der Waals surface area (Å²) in [6, 6.07) is 0. The number of amides is 1. The fourth-order valence-corrected chi connectivity index (χ4v) is 0.932. The molecule has 1 saturated heterocycles. The van der Waals surface area contributed by atoms with Gasteiger partial charge in [-0.3, -0.25) is 4.79 Å². The molecule has 0 aromatic heterocycles. The molecular weight excluding hydrogens is 118 g/mol. The van der Waals surface area contributed by atoms with E-state index in [1.165, 1.54) is 0 Å². The zero-order valence-corrected chi connectivity index (χ0v) is 5.52. The highest BCUT2D eigenvalue weighted by Gasteiger charge is 2.23. The second-order valence-corrected chi connectivity index (χ2v) is 2.02. The van der Waals surface area contributed by atoms with Crippen molar-refractivity contribution < 1.29 is 9.53 Å². The molecule has 1 unspecified atom stereocenters. The molecule has 1 aliphatic rings. The first-order valence-corrected chi connectivity index (χ1v) is 3.24. The Morgan fingerprint density at radius 3 is 3.11 bits per heavy atom. The molecule has 1 N–H and O–H groups in total. The Bertz CT molecular complexity index is 114. The lowest BCUT2D eigenvalue weighted by Gasteiger charge is -2.04. The molecule has 9 heavy (non-hydrogen) atoms. The van der Waals surface area contributed by atoms with Crippen LogP contribution in [0.1, 0.15) is 13.3 Å². The quantitative estimate of drug-likeness (QED) is 0.566. The predicted molar refractivity (Wildman–Crippen MR) is 33.0 cm³/mol. The standard InChI is InChI=1S/C6H11NO2/c1-2-9-5-3-4-7-6(5)8/h5H,2-4H2,1H3,(H,7,8). The van der Waals surface area contributed by atoms with Crippen molar-refractivity contribution in [2.45, 2.75) is 19.4 Å². The Balaban J connectivity index is 2.31. The molecule has 1 heterocycles. The van der Waals surface area contributed by atoms with Gasteiger partial charge in [-0.05, 0) is 13.3 Å². The van der Waals surface area contributed by atoms with Crippen LogP contribution in [-0.4, -0.2) is 25.2 Å². The van der Waals surface area contributed by atoms with E-state index in [-0.39, 0.29) is 12.0 Å². The lowest BCUT2D eigenvalue weighted by molar-refractivity contribution is -0.128. The van der Waals surface area contributed by atoms with Gasteiger partial charge in [0.05, 0.1) is 0 Å². The van der Waals surface area contributed by atoms with E-state index < -0.39 is 0 Å². The minimum Gasteiger partial charge on any atom is -0.369 e. The molecule has 1 rings (SSSR count). The van der Waals surface area contributed by atoms with Crippen molar-refractivity contribution >= 4 is 5.91 Å². The SMILES string of the molecule is CCOC1CCNC1=O. The molecule has 0 aliphatic carbocycles. The molecule has 3 nitrogen and oxygen atoms in total. The largest absolute Gasteiger partial charge is 0.369 e. The Morgan fingerprint density at radius 2 is 2.67 bits per heavy atom. The van der Waals surface area contributed by atoms with Crippen molar-refractivity contribution in [3.05, 3.63) is 0 Å². The molecule has 0 radical (unpaired) electrons. The van der Waals surface area contributed by atoms with Crippen LogP contribution in [0.25, 0.3) is 0 Å². The summed E-state index contributed by atoms with van der Waals surface area (Å²) in [7, 11) is 0. The number of carbonyl (C=O) groups excluding carboxylic acids is 1. The average molecular weight is 129 g/mol. The third-order valence-electron chi connectivity index (χ3n) is 1.37. The predicted octanol–water partition coefficient (Wildman–Crippen LogP) is -0.0886. The molecule has 0 spiro atoms. The summed E-state index contributed by atoms with van der Waals surface area (Å²) in [5.41, 5.74) is 0. The second-order valence-electron chi connectivity index (χ2n) is 2.02. The molecule has 1 fully saturated rings. The van der Waals surface area contributed by atoms with Gasteiger partial charge < -0.3 is 10.1 Å². The van der Waals surface area contributed by atoms with Crippen LogP contribution >= 0.6 is 0 Å². The van der Waals surface area contributed by atoms with E-state index >= 15 is 0 Å². The lowest BCUT2D eigenvalue weighted by atomic mass is 10.3. The van der Waals surface area contributed by atoms with Gasteiger partial charge in [-0.15, -0.1) is 0 Å². The van der Waals surface area contributed by atoms with Gasteiger partial charge in [0.15, 0.2) is 0 Å². The van der Waals surface area contributed by atoms with Crippen LogP contribution in [0.3, 0.4) is 0 Å². The van der Waals surface area contributed by atoms with Crippen LogP contribution in [0.5, 0.6) is 0 Å². The van der Waals surface area contributed by atoms with Gasteiger partial charge in [0.1, 0.15) is 6.10 Å². The summed E-state index contributed by atoms with van der Waals surface area (Å²) in [6.07, 6.45) is 0.655. The summed E-state index contributed by atoms with van der Waals surface area (Å²) >= 11 is 0. The topological polar surface area (TPSA) is 38.3 Å². The van der Waals surface area contributed by atoms with E-state index in [0.717, 1.165) is 13.0 Å². The maximum Gasteiger partial charge on any atom is 0.249 e. The number of ether oxygens (including phenoxy) is 1. The van der Waals surface area contributed by atoms with Gasteiger partial charge in [0, 0.05) is 13.2 Å². The van der Waals surface area contributed by atoms with E-state index in [1.807, 2.05) is 6.92 Å². The molecule has 0 saturated carbocycles. The number of hydrogen-bond acceptors (Lipinski definition) is 2. The molecular formula is C6H11NO2. The summed E-state index contributed by atoms with van der Waals surface area (Å²) < 4.78 is 5.10. The van der Waals surface area contributed by atoms with Crippen LogP contribution in [0.15, 0.2) is 0 Å². The van der Waals surface area contributed by atoms with Gasteiger partial charge in [0.2, 0.25) is 5.91 Å². The highest BCUT2D eigenvalue weighted by Crippen LogP contribution is 2.03. The van der Waals surface area contributed by atoms with Crippen molar-refractivity contribution in [3.8, 4) is 0 Å². The van der Waals surface area contributed by atoms with Crippen LogP contribution in [0, 0.1) is 0 Å². The Labute approximate surface area is 54.4 Å². The minimum atomic E-state index is -0.171. The molecule has 0 bridgehead atoms. The molecule has 3 heteroatoms. The maximum absolute atomic E-state index is 10.7. The zero-order valence-electron chi connectivity index (χ0n) is 5.52. The Hall–Kier alpha value is -0.570. The fraction of sp³-hybridized carbons (Fsp3) is 0.833. The molecule has 0 aromatic carbocycles. The van der Waals surface area contributed by atoms with Gasteiger partial charge in [-0.2, -0.15) is 0 Å². The number of nitrogens with one attached hydrogen (secondary N) is 1. The van der Waals surface area contributed by atoms with Crippen molar-refractivity contribution in [2.75, 3.05) is 13.2 Å². The van der Waals surface area contributed by atoms with Gasteiger partial charge in [-0.1, -0.05) is 0 Å². The molecule has 1 aliphatic heterocycles. The van der Waals surface area contributed by atoms with Crippen LogP contribution in [-0.2, 0) is 9.53 Å². The summed E-state index contributed by atoms with van der Waals surface area (Å²) in [5.74, 6) is 0.0388. The molecule has 0 aromatic rings. The first-order valence-electron chi connectivity index (χ1n) is 3.24. The van der Waals surface area contributed by atoms with E-state index in [1.54, 1.807) is 0 Å². The highest BCUT2D eigenvalue weighted by atomic mass is 16.5. The van der Waals surface area contributed by atoms with Crippen LogP contribution < -0.4 is 5.32 Å². The van der Waals surface area contributed by atoms with E-state index in [4.69, 9.17) is 4.74 Å². The van der Waals surface area contributed by atoms with Crippen LogP contribution in [0.4, 0.5) is 0 Å². The maximum atomic E-state index is 10.7. The average Bonchev–Trinajstić information content (AvgIpc) is 2.18. The second kappa shape index (κ2) is 2.82. The Kier molecular flexibility index (Phi) is 2.05. The third kappa shape index (κ3) is 1.42. The monoisotopic (exact) mass is 129 g/mol. The summed E-state index contributed by atoms with van der Waals surface area (Å²) in [5, 5.41) is 2.69. The lowest BCUT2D eigenvalue weighted by Crippen LogP contribution is -2.25. The van der Waals surface area contributed by atoms with Crippen molar-refractivity contribution in [3.63, 3.8) is 0 Å². The number of carbonyl (C=O) groups is 1. The zero-order chi connectivity index (χ0) is 6.69. The first kappa shape index (κ1) is 6.55. The van der Waals surface area contributed by atoms with E-state index in [2.05, 4.69) is 5.32 Å².